The summed E-state index contributed by atoms with van der Waals surface area (Å²) in [6.07, 6.45) is 0.547. The highest BCUT2D eigenvalue weighted by molar-refractivity contribution is 7.89. The fraction of sp³-hybridized carbons (Fsp3) is 0.200. The van der Waals surface area contributed by atoms with Gasteiger partial charge in [-0.3, -0.25) is 0 Å². The van der Waals surface area contributed by atoms with E-state index in [1.807, 2.05) is 25.1 Å². The summed E-state index contributed by atoms with van der Waals surface area (Å²) in [6, 6.07) is 15.5. The smallest absolute Gasteiger partial charge is 0.208 e. The van der Waals surface area contributed by atoms with E-state index in [4.69, 9.17) is 11.6 Å². The van der Waals surface area contributed by atoms with Crippen molar-refractivity contribution in [3.63, 3.8) is 0 Å². The first-order valence-electron chi connectivity index (χ1n) is 6.30. The summed E-state index contributed by atoms with van der Waals surface area (Å²) in [5, 5.41) is 0.651. The van der Waals surface area contributed by atoms with Gasteiger partial charge in [0, 0.05) is 11.1 Å². The molecule has 0 aliphatic carbocycles. The fourth-order valence-corrected chi connectivity index (χ4v) is 3.45. The van der Waals surface area contributed by atoms with Crippen molar-refractivity contribution >= 4 is 21.6 Å². The molecule has 0 aliphatic rings. The van der Waals surface area contributed by atoms with E-state index in [1.165, 1.54) is 0 Å². The normalized spacial score (nSPS) is 13.1. The monoisotopic (exact) mass is 309 g/mol. The molecule has 1 N–H and O–H groups in total. The van der Waals surface area contributed by atoms with Crippen LogP contribution >= 0.6 is 11.6 Å². The van der Waals surface area contributed by atoms with Gasteiger partial charge in [0.1, 0.15) is 0 Å². The van der Waals surface area contributed by atoms with Crippen LogP contribution in [0, 0.1) is 0 Å². The standard InChI is InChI=1S/C15H16ClNO2S/c1-12(11-13-7-5-6-10-15(13)16)17-20(18,19)14-8-3-2-4-9-14/h2-10,12,17H,11H2,1H3. The molecule has 0 spiro atoms. The number of benzene rings is 2. The van der Waals surface area contributed by atoms with Crippen LogP contribution in [-0.2, 0) is 16.4 Å². The Balaban J connectivity index is 2.09. The number of nitrogens with one attached hydrogen (secondary N) is 1. The molecule has 0 aromatic heterocycles. The molecule has 3 nitrogen and oxygen atoms in total. The zero-order valence-electron chi connectivity index (χ0n) is 11.1. The third-order valence-electron chi connectivity index (χ3n) is 2.89. The second-order valence-corrected chi connectivity index (χ2v) is 6.75. The molecule has 0 aliphatic heterocycles. The van der Waals surface area contributed by atoms with Gasteiger partial charge < -0.3 is 0 Å². The van der Waals surface area contributed by atoms with Crippen LogP contribution in [0.2, 0.25) is 5.02 Å². The molecule has 2 aromatic rings. The van der Waals surface area contributed by atoms with Crippen LogP contribution in [0.4, 0.5) is 0 Å². The minimum atomic E-state index is -3.49. The highest BCUT2D eigenvalue weighted by atomic mass is 35.5. The van der Waals surface area contributed by atoms with Crippen molar-refractivity contribution in [3.8, 4) is 0 Å². The van der Waals surface area contributed by atoms with Gasteiger partial charge in [-0.15, -0.1) is 0 Å². The maximum Gasteiger partial charge on any atom is 0.240 e. The largest absolute Gasteiger partial charge is 0.240 e. The summed E-state index contributed by atoms with van der Waals surface area (Å²) in [5.41, 5.74) is 0.928. The van der Waals surface area contributed by atoms with Gasteiger partial charge in [-0.2, -0.15) is 0 Å². The molecule has 1 atom stereocenters. The quantitative estimate of drug-likeness (QED) is 0.921. The van der Waals surface area contributed by atoms with Crippen LogP contribution < -0.4 is 4.72 Å². The molecule has 2 aromatic carbocycles. The van der Waals surface area contributed by atoms with E-state index >= 15 is 0 Å². The second-order valence-electron chi connectivity index (χ2n) is 4.63. The number of rotatable bonds is 5. The molecule has 2 rings (SSSR count). The van der Waals surface area contributed by atoms with Crippen LogP contribution in [0.1, 0.15) is 12.5 Å². The van der Waals surface area contributed by atoms with Crippen molar-refractivity contribution in [1.82, 2.24) is 4.72 Å². The van der Waals surface area contributed by atoms with E-state index in [9.17, 15) is 8.42 Å². The Labute approximate surface area is 124 Å². The van der Waals surface area contributed by atoms with Crippen LogP contribution in [0.15, 0.2) is 59.5 Å². The van der Waals surface area contributed by atoms with Crippen LogP contribution in [-0.4, -0.2) is 14.5 Å². The summed E-state index contributed by atoms with van der Waals surface area (Å²) in [4.78, 5) is 0.269. The molecule has 0 heterocycles. The molecular weight excluding hydrogens is 294 g/mol. The lowest BCUT2D eigenvalue weighted by molar-refractivity contribution is 0.560. The van der Waals surface area contributed by atoms with Gasteiger partial charge in [0.2, 0.25) is 10.0 Å². The minimum Gasteiger partial charge on any atom is -0.208 e. The van der Waals surface area contributed by atoms with Crippen LogP contribution in [0.3, 0.4) is 0 Å². The third kappa shape index (κ3) is 3.82. The van der Waals surface area contributed by atoms with Crippen molar-refractivity contribution < 1.29 is 8.42 Å². The van der Waals surface area contributed by atoms with Gasteiger partial charge in [0.25, 0.3) is 0 Å². The van der Waals surface area contributed by atoms with Gasteiger partial charge in [-0.05, 0) is 37.1 Å². The molecule has 1 unspecified atom stereocenters. The predicted octanol–water partition coefficient (Wildman–Crippen LogP) is 3.25. The summed E-state index contributed by atoms with van der Waals surface area (Å²) in [6.45, 7) is 1.82. The molecule has 106 valence electrons. The number of halogens is 1. The van der Waals surface area contributed by atoms with E-state index in [-0.39, 0.29) is 10.9 Å². The highest BCUT2D eigenvalue weighted by Crippen LogP contribution is 2.17. The Kier molecular flexibility index (Phi) is 4.81. The first kappa shape index (κ1) is 15.0. The van der Waals surface area contributed by atoms with Gasteiger partial charge in [0.05, 0.1) is 4.90 Å². The van der Waals surface area contributed by atoms with Gasteiger partial charge in [-0.25, -0.2) is 13.1 Å². The zero-order valence-corrected chi connectivity index (χ0v) is 12.7. The van der Waals surface area contributed by atoms with Gasteiger partial charge in [-0.1, -0.05) is 48.0 Å². The topological polar surface area (TPSA) is 46.2 Å². The summed E-state index contributed by atoms with van der Waals surface area (Å²) >= 11 is 6.08. The molecule has 0 bridgehead atoms. The average molecular weight is 310 g/mol. The Bertz CT molecular complexity index is 671. The number of sulfonamides is 1. The molecule has 0 saturated carbocycles. The first-order chi connectivity index (χ1) is 9.49. The van der Waals surface area contributed by atoms with Gasteiger partial charge >= 0.3 is 0 Å². The van der Waals surface area contributed by atoms with E-state index < -0.39 is 10.0 Å². The number of hydrogen-bond acceptors (Lipinski definition) is 2. The lowest BCUT2D eigenvalue weighted by atomic mass is 10.1. The predicted molar refractivity (Wildman–Crippen MR) is 81.4 cm³/mol. The van der Waals surface area contributed by atoms with Gasteiger partial charge in [0.15, 0.2) is 0 Å². The molecule has 0 amide bonds. The molecule has 0 radical (unpaired) electrons. The van der Waals surface area contributed by atoms with Crippen molar-refractivity contribution in [3.05, 3.63) is 65.2 Å². The fourth-order valence-electron chi connectivity index (χ4n) is 1.97. The minimum absolute atomic E-state index is 0.236. The van der Waals surface area contributed by atoms with E-state index in [0.29, 0.717) is 11.4 Å². The van der Waals surface area contributed by atoms with Crippen LogP contribution in [0.5, 0.6) is 0 Å². The van der Waals surface area contributed by atoms with E-state index in [2.05, 4.69) is 4.72 Å². The molecule has 5 heteroatoms. The maximum absolute atomic E-state index is 12.2. The Morgan fingerprint density at radius 1 is 1.05 bits per heavy atom. The molecule has 20 heavy (non-hydrogen) atoms. The van der Waals surface area contributed by atoms with E-state index in [0.717, 1.165) is 5.56 Å². The SMILES string of the molecule is CC(Cc1ccccc1Cl)NS(=O)(=O)c1ccccc1. The summed E-state index contributed by atoms with van der Waals surface area (Å²) < 4.78 is 27.0. The maximum atomic E-state index is 12.2. The lowest BCUT2D eigenvalue weighted by Gasteiger charge is -2.15. The lowest BCUT2D eigenvalue weighted by Crippen LogP contribution is -2.34. The zero-order chi connectivity index (χ0) is 14.6. The van der Waals surface area contributed by atoms with Crippen molar-refractivity contribution in [2.24, 2.45) is 0 Å². The summed E-state index contributed by atoms with van der Waals surface area (Å²) in [5.74, 6) is 0. The van der Waals surface area contributed by atoms with Crippen LogP contribution in [0.25, 0.3) is 0 Å². The average Bonchev–Trinajstić information content (AvgIpc) is 2.42. The Hall–Kier alpha value is -1.36. The van der Waals surface area contributed by atoms with Crippen molar-refractivity contribution in [2.45, 2.75) is 24.3 Å². The Morgan fingerprint density at radius 3 is 2.30 bits per heavy atom. The summed E-state index contributed by atoms with van der Waals surface area (Å²) in [7, 11) is -3.49. The van der Waals surface area contributed by atoms with Crippen molar-refractivity contribution in [1.29, 1.82) is 0 Å². The Morgan fingerprint density at radius 2 is 1.65 bits per heavy atom. The number of hydrogen-bond donors (Lipinski definition) is 1. The first-order valence-corrected chi connectivity index (χ1v) is 8.16. The van der Waals surface area contributed by atoms with E-state index in [1.54, 1.807) is 36.4 Å². The molecular formula is C15H16ClNO2S. The highest BCUT2D eigenvalue weighted by Gasteiger charge is 2.17. The third-order valence-corrected chi connectivity index (χ3v) is 4.87. The molecule has 0 fully saturated rings. The second kappa shape index (κ2) is 6.39. The molecule has 0 saturated heterocycles. The van der Waals surface area contributed by atoms with Crippen molar-refractivity contribution in [2.75, 3.05) is 0 Å².